The number of imidazole rings is 1. The van der Waals surface area contributed by atoms with Gasteiger partial charge >= 0.3 is 11.8 Å². The number of nitro groups is 1. The minimum absolute atomic E-state index is 0.0810. The Morgan fingerprint density at radius 3 is 2.41 bits per heavy atom. The highest BCUT2D eigenvalue weighted by Crippen LogP contribution is 2.55. The Labute approximate surface area is 282 Å². The first kappa shape index (κ1) is 32.2. The summed E-state index contributed by atoms with van der Waals surface area (Å²) < 4.78 is 23.3. The second-order valence-electron chi connectivity index (χ2n) is 13.1. The summed E-state index contributed by atoms with van der Waals surface area (Å²) in [7, 11) is 1.31. The molecule has 3 atom stereocenters. The van der Waals surface area contributed by atoms with Gasteiger partial charge in [-0.2, -0.15) is 0 Å². The maximum Gasteiger partial charge on any atom is 0.381 e. The quantitative estimate of drug-likeness (QED) is 0.145. The van der Waals surface area contributed by atoms with E-state index in [-0.39, 0.29) is 36.5 Å². The number of likely N-dealkylation sites (tertiary alicyclic amines) is 2. The van der Waals surface area contributed by atoms with E-state index in [9.17, 15) is 28.9 Å². The lowest BCUT2D eigenvalue weighted by Crippen LogP contribution is -2.58. The van der Waals surface area contributed by atoms with Crippen LogP contribution in [0.2, 0.25) is 0 Å². The second kappa shape index (κ2) is 12.6. The largest absolute Gasteiger partial charge is 0.467 e. The van der Waals surface area contributed by atoms with Crippen LogP contribution in [0.15, 0.2) is 66.9 Å². The van der Waals surface area contributed by atoms with Crippen molar-refractivity contribution in [3.05, 3.63) is 117 Å². The van der Waals surface area contributed by atoms with Crippen molar-refractivity contribution >= 4 is 23.6 Å². The summed E-state index contributed by atoms with van der Waals surface area (Å²) in [6.07, 6.45) is 3.80. The highest BCUT2D eigenvalue weighted by molar-refractivity contribution is 6.00. The molecule has 1 aliphatic carbocycles. The Bertz CT molecular complexity index is 1930. The van der Waals surface area contributed by atoms with Crippen molar-refractivity contribution in [2.75, 3.05) is 26.7 Å². The zero-order valence-electron chi connectivity index (χ0n) is 27.4. The fraction of sp³-hybridized carbons (Fsp3) is 0.389. The molecule has 0 N–H and O–H groups in total. The van der Waals surface area contributed by atoms with Crippen molar-refractivity contribution in [2.45, 2.75) is 57.2 Å². The number of fused-ring (bicyclic) bond motifs is 3. The van der Waals surface area contributed by atoms with Gasteiger partial charge in [-0.3, -0.25) is 9.59 Å². The van der Waals surface area contributed by atoms with Gasteiger partial charge in [0.1, 0.15) is 17.7 Å². The summed E-state index contributed by atoms with van der Waals surface area (Å²) >= 11 is 0. The van der Waals surface area contributed by atoms with E-state index < -0.39 is 28.2 Å². The first-order valence-corrected chi connectivity index (χ1v) is 16.5. The average molecular weight is 669 g/mol. The normalized spacial score (nSPS) is 21.1. The standard InChI is InChI=1S/C36H37FN6O6/c1-23-38-31(43(47)48)22-40(23)16-17-41-29-18-26-21-42(33(44)25-8-4-3-5-9-25)36(35(46)49-2,20-24-10-12-27(37)13-11-24)32(26)28(29)19-30(41)34(45)39-14-6-7-15-39/h3-5,8-13,19,22,26,32H,6-7,14-18,20-21H2,1-2H3/t26-,32+,36+/m0/s1. The molecule has 13 heteroatoms. The lowest BCUT2D eigenvalue weighted by Gasteiger charge is -2.40. The molecule has 0 bridgehead atoms. The van der Waals surface area contributed by atoms with Gasteiger partial charge in [0.15, 0.2) is 5.54 Å². The second-order valence-corrected chi connectivity index (χ2v) is 13.1. The summed E-state index contributed by atoms with van der Waals surface area (Å²) in [5, 5.41) is 11.4. The third-order valence-electron chi connectivity index (χ3n) is 10.4. The van der Waals surface area contributed by atoms with Gasteiger partial charge in [-0.15, -0.1) is 0 Å². The van der Waals surface area contributed by atoms with Gasteiger partial charge in [0.2, 0.25) is 5.82 Å². The zero-order chi connectivity index (χ0) is 34.4. The Kier molecular flexibility index (Phi) is 8.29. The van der Waals surface area contributed by atoms with Crippen LogP contribution in [-0.4, -0.2) is 78.9 Å². The van der Waals surface area contributed by atoms with Crippen molar-refractivity contribution in [1.82, 2.24) is 23.9 Å². The number of esters is 1. The number of ether oxygens (including phenoxy) is 1. The molecule has 2 amide bonds. The lowest BCUT2D eigenvalue weighted by molar-refractivity contribution is -0.389. The molecule has 49 heavy (non-hydrogen) atoms. The molecule has 0 unspecified atom stereocenters. The maximum absolute atomic E-state index is 14.3. The summed E-state index contributed by atoms with van der Waals surface area (Å²) in [6, 6.07) is 16.6. The number of halogens is 1. The number of hydrogen-bond donors (Lipinski definition) is 0. The maximum atomic E-state index is 14.3. The summed E-state index contributed by atoms with van der Waals surface area (Å²) in [5.41, 5.74) is 1.78. The average Bonchev–Trinajstić information content (AvgIpc) is 3.93. The molecule has 12 nitrogen and oxygen atoms in total. The predicted molar refractivity (Wildman–Crippen MR) is 175 cm³/mol. The van der Waals surface area contributed by atoms with Gasteiger partial charge in [0, 0.05) is 63.2 Å². The highest BCUT2D eigenvalue weighted by atomic mass is 19.1. The predicted octanol–water partition coefficient (Wildman–Crippen LogP) is 4.54. The van der Waals surface area contributed by atoms with Crippen LogP contribution in [0.25, 0.3) is 0 Å². The summed E-state index contributed by atoms with van der Waals surface area (Å²) in [4.78, 5) is 61.1. The van der Waals surface area contributed by atoms with Crippen LogP contribution >= 0.6 is 0 Å². The van der Waals surface area contributed by atoms with Crippen molar-refractivity contribution < 1.29 is 28.4 Å². The molecule has 0 radical (unpaired) electrons. The highest BCUT2D eigenvalue weighted by Gasteiger charge is 2.64. The monoisotopic (exact) mass is 668 g/mol. The van der Waals surface area contributed by atoms with Crippen molar-refractivity contribution in [2.24, 2.45) is 5.92 Å². The lowest BCUT2D eigenvalue weighted by atomic mass is 9.75. The molecule has 2 aromatic heterocycles. The summed E-state index contributed by atoms with van der Waals surface area (Å²) in [6.45, 7) is 3.93. The molecule has 0 spiro atoms. The van der Waals surface area contributed by atoms with Crippen molar-refractivity contribution in [3.63, 3.8) is 0 Å². The first-order valence-electron chi connectivity index (χ1n) is 16.5. The van der Waals surface area contributed by atoms with Crippen LogP contribution in [0.4, 0.5) is 10.2 Å². The Morgan fingerprint density at radius 1 is 1.04 bits per heavy atom. The van der Waals surface area contributed by atoms with Crippen molar-refractivity contribution in [3.8, 4) is 0 Å². The topological polar surface area (TPSA) is 133 Å². The van der Waals surface area contributed by atoms with Crippen LogP contribution in [0.3, 0.4) is 0 Å². The number of benzene rings is 2. The Morgan fingerprint density at radius 2 is 1.76 bits per heavy atom. The molecule has 254 valence electrons. The first-order chi connectivity index (χ1) is 23.6. The Hall–Kier alpha value is -5.33. The molecule has 0 saturated carbocycles. The van der Waals surface area contributed by atoms with Gasteiger partial charge in [-0.25, -0.2) is 9.18 Å². The van der Waals surface area contributed by atoms with E-state index in [4.69, 9.17) is 4.74 Å². The van der Waals surface area contributed by atoms with Crippen LogP contribution in [0.5, 0.6) is 0 Å². The molecular formula is C36H37FN6O6. The van der Waals surface area contributed by atoms with E-state index in [1.807, 2.05) is 21.6 Å². The molecular weight excluding hydrogens is 631 g/mol. The third kappa shape index (κ3) is 5.46. The van der Waals surface area contributed by atoms with E-state index in [1.165, 1.54) is 25.4 Å². The smallest absolute Gasteiger partial charge is 0.381 e. The summed E-state index contributed by atoms with van der Waals surface area (Å²) in [5.74, 6) is -1.87. The number of amides is 2. The van der Waals surface area contributed by atoms with Crippen LogP contribution in [-0.2, 0) is 35.5 Å². The number of aryl methyl sites for hydroxylation is 2. The molecule has 2 fully saturated rings. The van der Waals surface area contributed by atoms with E-state index in [0.29, 0.717) is 55.2 Å². The number of rotatable bonds is 9. The molecule has 7 rings (SSSR count). The SMILES string of the molecule is COC(=O)[C@@]1(Cc2ccc(F)cc2)[C@H]2c3cc(C(=O)N4CCCC4)n(CCn4cc([N+](=O)[O-])nc4C)c3C[C@H]2CN1C(=O)c1ccccc1. The van der Waals surface area contributed by atoms with E-state index in [1.54, 1.807) is 52.8 Å². The van der Waals surface area contributed by atoms with Gasteiger partial charge in [-0.05, 0) is 76.5 Å². The molecule has 2 aliphatic heterocycles. The van der Waals surface area contributed by atoms with Gasteiger partial charge < -0.3 is 33.8 Å². The van der Waals surface area contributed by atoms with Gasteiger partial charge in [-0.1, -0.05) is 30.3 Å². The Balaban J connectivity index is 1.36. The van der Waals surface area contributed by atoms with Gasteiger partial charge in [0.25, 0.3) is 11.8 Å². The number of carbonyl (C=O) groups excluding carboxylic acids is 3. The van der Waals surface area contributed by atoms with Crippen LogP contribution < -0.4 is 0 Å². The van der Waals surface area contributed by atoms with Crippen LogP contribution in [0.1, 0.15) is 62.3 Å². The van der Waals surface area contributed by atoms with Gasteiger partial charge in [0.05, 0.1) is 7.11 Å². The fourth-order valence-corrected chi connectivity index (χ4v) is 8.24. The minimum Gasteiger partial charge on any atom is -0.467 e. The molecule has 3 aliphatic rings. The molecule has 4 aromatic rings. The van der Waals surface area contributed by atoms with E-state index in [0.717, 1.165) is 24.1 Å². The number of methoxy groups -OCH3 is 1. The van der Waals surface area contributed by atoms with Crippen LogP contribution in [0, 0.1) is 28.8 Å². The third-order valence-corrected chi connectivity index (χ3v) is 10.4. The van der Waals surface area contributed by atoms with Crippen molar-refractivity contribution in [1.29, 1.82) is 0 Å². The molecule has 4 heterocycles. The van der Waals surface area contributed by atoms with E-state index in [2.05, 4.69) is 4.98 Å². The minimum atomic E-state index is -1.49. The number of carbonyl (C=O) groups is 3. The van der Waals surface area contributed by atoms with E-state index >= 15 is 0 Å². The molecule has 2 aromatic carbocycles. The number of hydrogen-bond acceptors (Lipinski definition) is 7. The fourth-order valence-electron chi connectivity index (χ4n) is 8.24. The molecule has 2 saturated heterocycles. The number of aromatic nitrogens is 3. The number of nitrogens with zero attached hydrogens (tertiary/aromatic N) is 6. The zero-order valence-corrected chi connectivity index (χ0v) is 27.4.